The van der Waals surface area contributed by atoms with Crippen LogP contribution in [0.3, 0.4) is 0 Å². The molecule has 2 heteroatoms. The maximum Gasteiger partial charge on any atom is 0.0404 e. The van der Waals surface area contributed by atoms with E-state index in [4.69, 9.17) is 11.6 Å². The summed E-state index contributed by atoms with van der Waals surface area (Å²) in [4.78, 5) is 2.41. The Balaban J connectivity index is 3.60. The van der Waals surface area contributed by atoms with E-state index in [-0.39, 0.29) is 0 Å². The number of likely N-dealkylation sites (N-methyl/N-ethyl adjacent to an activating group) is 1. The number of halogens is 1. The van der Waals surface area contributed by atoms with Gasteiger partial charge in [-0.25, -0.2) is 0 Å². The van der Waals surface area contributed by atoms with Gasteiger partial charge in [0.1, 0.15) is 0 Å². The smallest absolute Gasteiger partial charge is 0.0404 e. The Hall–Kier alpha value is -0.0100. The molecule has 0 aliphatic rings. The van der Waals surface area contributed by atoms with Crippen LogP contribution in [0.4, 0.5) is 0 Å². The lowest BCUT2D eigenvalue weighted by molar-refractivity contribution is 0.282. The largest absolute Gasteiger partial charge is 0.300 e. The topological polar surface area (TPSA) is 3.24 Å². The molecule has 0 N–H and O–H groups in total. The van der Waals surface area contributed by atoms with Gasteiger partial charge < -0.3 is 0 Å². The predicted octanol–water partition coefficient (Wildman–Crippen LogP) is 2.76. The molecule has 0 atom stereocenters. The molecule has 0 aromatic rings. The van der Waals surface area contributed by atoms with Gasteiger partial charge >= 0.3 is 0 Å². The molecule has 0 aliphatic heterocycles. The normalized spacial score (nSPS) is 12.2. The number of allylic oxidation sites excluding steroid dienone is 1. The van der Waals surface area contributed by atoms with Gasteiger partial charge in [0, 0.05) is 19.0 Å². The van der Waals surface area contributed by atoms with Crippen LogP contribution < -0.4 is 0 Å². The van der Waals surface area contributed by atoms with E-state index in [0.29, 0.717) is 5.88 Å². The number of nitrogens with zero attached hydrogens (tertiary/aromatic N) is 1. The highest BCUT2D eigenvalue weighted by atomic mass is 35.5. The molecule has 0 heterocycles. The standard InChI is InChI=1S/C10H20ClN/c1-4-12(9-10(2)3)8-6-5-7-11/h5-6,10H,4,7-9H2,1-3H3. The minimum atomic E-state index is 0.624. The van der Waals surface area contributed by atoms with Crippen LogP contribution in [0.25, 0.3) is 0 Å². The molecular formula is C10H20ClN. The molecule has 0 unspecified atom stereocenters. The first kappa shape index (κ1) is 12.0. The predicted molar refractivity (Wildman–Crippen MR) is 56.8 cm³/mol. The molecule has 0 aromatic heterocycles. The van der Waals surface area contributed by atoms with E-state index in [2.05, 4.69) is 31.7 Å². The second kappa shape index (κ2) is 7.63. The van der Waals surface area contributed by atoms with Crippen LogP contribution >= 0.6 is 11.6 Å². The highest BCUT2D eigenvalue weighted by Crippen LogP contribution is 1.98. The van der Waals surface area contributed by atoms with E-state index < -0.39 is 0 Å². The highest BCUT2D eigenvalue weighted by Gasteiger charge is 2.01. The molecule has 1 nitrogen and oxygen atoms in total. The summed E-state index contributed by atoms with van der Waals surface area (Å²) < 4.78 is 0. The third kappa shape index (κ3) is 6.68. The van der Waals surface area contributed by atoms with Gasteiger partial charge in [0.15, 0.2) is 0 Å². The third-order valence-corrected chi connectivity index (χ3v) is 1.87. The van der Waals surface area contributed by atoms with Crippen molar-refractivity contribution in [2.75, 3.05) is 25.5 Å². The molecule has 0 saturated carbocycles. The van der Waals surface area contributed by atoms with Crippen molar-refractivity contribution in [3.63, 3.8) is 0 Å². The lowest BCUT2D eigenvalue weighted by Crippen LogP contribution is -2.27. The summed E-state index contributed by atoms with van der Waals surface area (Å²) in [6.07, 6.45) is 4.14. The number of alkyl halides is 1. The Labute approximate surface area is 81.4 Å². The second-order valence-electron chi connectivity index (χ2n) is 3.37. The fourth-order valence-corrected chi connectivity index (χ4v) is 1.26. The monoisotopic (exact) mass is 189 g/mol. The SMILES string of the molecule is CCN(CC=CCCl)CC(C)C. The lowest BCUT2D eigenvalue weighted by Gasteiger charge is -2.20. The van der Waals surface area contributed by atoms with Gasteiger partial charge in [-0.2, -0.15) is 0 Å². The van der Waals surface area contributed by atoms with E-state index in [0.717, 1.165) is 19.0 Å². The molecule has 0 rings (SSSR count). The van der Waals surface area contributed by atoms with Crippen molar-refractivity contribution in [3.8, 4) is 0 Å². The van der Waals surface area contributed by atoms with Gasteiger partial charge in [-0.3, -0.25) is 4.90 Å². The van der Waals surface area contributed by atoms with Crippen LogP contribution in [0.5, 0.6) is 0 Å². The molecule has 0 aliphatic carbocycles. The van der Waals surface area contributed by atoms with Crippen LogP contribution in [0, 0.1) is 5.92 Å². The summed E-state index contributed by atoms with van der Waals surface area (Å²) in [5.41, 5.74) is 0. The fourth-order valence-electron chi connectivity index (χ4n) is 1.14. The van der Waals surface area contributed by atoms with E-state index in [9.17, 15) is 0 Å². The molecule has 0 saturated heterocycles. The Kier molecular flexibility index (Phi) is 7.62. The number of hydrogen-bond donors (Lipinski definition) is 0. The Morgan fingerprint density at radius 1 is 1.33 bits per heavy atom. The number of hydrogen-bond acceptors (Lipinski definition) is 1. The Morgan fingerprint density at radius 2 is 2.00 bits per heavy atom. The van der Waals surface area contributed by atoms with Crippen molar-refractivity contribution in [3.05, 3.63) is 12.2 Å². The quantitative estimate of drug-likeness (QED) is 0.459. The van der Waals surface area contributed by atoms with Gasteiger partial charge in [0.05, 0.1) is 0 Å². The zero-order valence-electron chi connectivity index (χ0n) is 8.39. The summed E-state index contributed by atoms with van der Waals surface area (Å²) in [7, 11) is 0. The highest BCUT2D eigenvalue weighted by molar-refractivity contribution is 6.18. The molecule has 72 valence electrons. The van der Waals surface area contributed by atoms with Gasteiger partial charge in [-0.15, -0.1) is 11.6 Å². The zero-order valence-corrected chi connectivity index (χ0v) is 9.14. The zero-order chi connectivity index (χ0) is 9.40. The number of rotatable bonds is 6. The van der Waals surface area contributed by atoms with Gasteiger partial charge in [0.25, 0.3) is 0 Å². The molecule has 0 aromatic carbocycles. The van der Waals surface area contributed by atoms with E-state index >= 15 is 0 Å². The van der Waals surface area contributed by atoms with Crippen molar-refractivity contribution >= 4 is 11.6 Å². The average Bonchev–Trinajstić information content (AvgIpc) is 2.02. The summed E-state index contributed by atoms with van der Waals surface area (Å²) in [5.74, 6) is 1.37. The summed E-state index contributed by atoms with van der Waals surface area (Å²) in [6.45, 7) is 9.99. The average molecular weight is 190 g/mol. The van der Waals surface area contributed by atoms with Crippen LogP contribution in [0.2, 0.25) is 0 Å². The lowest BCUT2D eigenvalue weighted by atomic mass is 10.2. The van der Waals surface area contributed by atoms with Crippen molar-refractivity contribution in [1.82, 2.24) is 4.90 Å². The minimum absolute atomic E-state index is 0.624. The first-order chi connectivity index (χ1) is 5.70. The van der Waals surface area contributed by atoms with Crippen LogP contribution in [-0.4, -0.2) is 30.4 Å². The first-order valence-electron chi connectivity index (χ1n) is 4.64. The summed E-state index contributed by atoms with van der Waals surface area (Å²) in [5, 5.41) is 0. The van der Waals surface area contributed by atoms with E-state index in [1.54, 1.807) is 0 Å². The molecule has 0 spiro atoms. The van der Waals surface area contributed by atoms with Crippen molar-refractivity contribution in [2.45, 2.75) is 20.8 Å². The summed E-state index contributed by atoms with van der Waals surface area (Å²) >= 11 is 5.53. The van der Waals surface area contributed by atoms with Gasteiger partial charge in [-0.05, 0) is 12.5 Å². The Bertz CT molecular complexity index is 121. The van der Waals surface area contributed by atoms with Crippen LogP contribution in [0.1, 0.15) is 20.8 Å². The van der Waals surface area contributed by atoms with Crippen LogP contribution in [-0.2, 0) is 0 Å². The maximum atomic E-state index is 5.53. The Morgan fingerprint density at radius 3 is 2.42 bits per heavy atom. The fraction of sp³-hybridized carbons (Fsp3) is 0.800. The first-order valence-corrected chi connectivity index (χ1v) is 5.17. The molecule has 12 heavy (non-hydrogen) atoms. The van der Waals surface area contributed by atoms with E-state index in [1.807, 2.05) is 6.08 Å². The van der Waals surface area contributed by atoms with Crippen molar-refractivity contribution in [1.29, 1.82) is 0 Å². The van der Waals surface area contributed by atoms with E-state index in [1.165, 1.54) is 6.54 Å². The minimum Gasteiger partial charge on any atom is -0.300 e. The molecule has 0 bridgehead atoms. The molecule has 0 radical (unpaired) electrons. The van der Waals surface area contributed by atoms with Crippen molar-refractivity contribution in [2.24, 2.45) is 5.92 Å². The maximum absolute atomic E-state index is 5.53. The van der Waals surface area contributed by atoms with Crippen molar-refractivity contribution < 1.29 is 0 Å². The molecule has 0 amide bonds. The summed E-state index contributed by atoms with van der Waals surface area (Å²) in [6, 6.07) is 0. The van der Waals surface area contributed by atoms with Gasteiger partial charge in [0.2, 0.25) is 0 Å². The van der Waals surface area contributed by atoms with Gasteiger partial charge in [-0.1, -0.05) is 32.9 Å². The molecular weight excluding hydrogens is 170 g/mol. The van der Waals surface area contributed by atoms with Crippen LogP contribution in [0.15, 0.2) is 12.2 Å². The molecule has 0 fully saturated rings. The third-order valence-electron chi connectivity index (χ3n) is 1.69. The second-order valence-corrected chi connectivity index (χ2v) is 3.68.